The van der Waals surface area contributed by atoms with Gasteiger partial charge >= 0.3 is 0 Å². The Morgan fingerprint density at radius 3 is 2.48 bits per heavy atom. The molecule has 2 atom stereocenters. The van der Waals surface area contributed by atoms with E-state index in [1.165, 1.54) is 17.0 Å². The predicted octanol–water partition coefficient (Wildman–Crippen LogP) is 3.03. The standard InChI is InChI=1S/C28H34ClN5O5S/c1-19(27(36)33(14-4-13-30)23-5-2-3-6-23)32-15-11-25(28(32)37)34(16-12-26(31)35)40(38,39)24-10-8-20-17-22(29)9-7-21(20)18-24/h7-10,17-19,23,25H,2-6,11-12,14-16H2,1H3,(H2,31,35)/t19-,25-/m0/s1. The maximum atomic E-state index is 13.9. The van der Waals surface area contributed by atoms with Gasteiger partial charge < -0.3 is 15.5 Å². The summed E-state index contributed by atoms with van der Waals surface area (Å²) in [7, 11) is -4.21. The first-order valence-corrected chi connectivity index (χ1v) is 15.3. The van der Waals surface area contributed by atoms with Crippen molar-refractivity contribution in [2.24, 2.45) is 5.73 Å². The van der Waals surface area contributed by atoms with Gasteiger partial charge in [0.2, 0.25) is 27.7 Å². The topological polar surface area (TPSA) is 145 Å². The molecule has 40 heavy (non-hydrogen) atoms. The molecular formula is C28H34ClN5O5S. The summed E-state index contributed by atoms with van der Waals surface area (Å²) in [6.45, 7) is 1.86. The van der Waals surface area contributed by atoms with E-state index in [1.807, 2.05) is 0 Å². The lowest BCUT2D eigenvalue weighted by atomic mass is 10.1. The van der Waals surface area contributed by atoms with E-state index < -0.39 is 33.9 Å². The number of benzene rings is 2. The SMILES string of the molecule is C[C@@H](C(=O)N(CCC#N)C1CCCC1)N1CC[C@H](N(CCC(N)=O)S(=O)(=O)c2ccc3cc(Cl)ccc3c2)C1=O. The number of hydrogen-bond acceptors (Lipinski definition) is 6. The molecule has 2 aromatic carbocycles. The van der Waals surface area contributed by atoms with Crippen LogP contribution in [0.5, 0.6) is 0 Å². The number of likely N-dealkylation sites (tertiary alicyclic amines) is 1. The Morgan fingerprint density at radius 2 is 1.80 bits per heavy atom. The second kappa shape index (κ2) is 12.5. The predicted molar refractivity (Wildman–Crippen MR) is 150 cm³/mol. The highest BCUT2D eigenvalue weighted by Gasteiger charge is 2.45. The third-order valence-electron chi connectivity index (χ3n) is 7.86. The van der Waals surface area contributed by atoms with E-state index in [0.717, 1.165) is 35.4 Å². The van der Waals surface area contributed by atoms with Gasteiger partial charge in [-0.05, 0) is 61.2 Å². The second-order valence-electron chi connectivity index (χ2n) is 10.4. The van der Waals surface area contributed by atoms with E-state index in [4.69, 9.17) is 22.6 Å². The van der Waals surface area contributed by atoms with Crippen molar-refractivity contribution in [1.82, 2.24) is 14.1 Å². The van der Waals surface area contributed by atoms with Gasteiger partial charge in [-0.1, -0.05) is 36.6 Å². The fraction of sp³-hybridized carbons (Fsp3) is 0.500. The number of fused-ring (bicyclic) bond motifs is 1. The molecule has 3 amide bonds. The molecular weight excluding hydrogens is 554 g/mol. The van der Waals surface area contributed by atoms with Crippen LogP contribution < -0.4 is 5.73 Å². The molecule has 214 valence electrons. The van der Waals surface area contributed by atoms with Crippen LogP contribution in [0.25, 0.3) is 10.8 Å². The Hall–Kier alpha value is -3.20. The molecule has 0 radical (unpaired) electrons. The fourth-order valence-electron chi connectivity index (χ4n) is 5.72. The number of hydrogen-bond donors (Lipinski definition) is 1. The average Bonchev–Trinajstić information content (AvgIpc) is 3.58. The number of rotatable bonds is 11. The van der Waals surface area contributed by atoms with E-state index in [9.17, 15) is 22.8 Å². The summed E-state index contributed by atoms with van der Waals surface area (Å²) >= 11 is 6.06. The van der Waals surface area contributed by atoms with Gasteiger partial charge in [-0.15, -0.1) is 0 Å². The average molecular weight is 588 g/mol. The first-order chi connectivity index (χ1) is 19.0. The molecule has 2 fully saturated rings. The van der Waals surface area contributed by atoms with E-state index in [-0.39, 0.29) is 49.2 Å². The van der Waals surface area contributed by atoms with Crippen molar-refractivity contribution in [2.75, 3.05) is 19.6 Å². The molecule has 1 aliphatic carbocycles. The van der Waals surface area contributed by atoms with Crippen LogP contribution in [0.3, 0.4) is 0 Å². The first-order valence-electron chi connectivity index (χ1n) is 13.5. The number of nitrogens with two attached hydrogens (primary N) is 1. The number of sulfonamides is 1. The summed E-state index contributed by atoms with van der Waals surface area (Å²) in [6.07, 6.45) is 3.84. The molecule has 2 aromatic rings. The molecule has 1 aliphatic heterocycles. The fourth-order valence-corrected chi connectivity index (χ4v) is 7.55. The highest BCUT2D eigenvalue weighted by molar-refractivity contribution is 7.89. The minimum Gasteiger partial charge on any atom is -0.370 e. The Balaban J connectivity index is 1.60. The molecule has 1 saturated carbocycles. The highest BCUT2D eigenvalue weighted by atomic mass is 35.5. The molecule has 10 nitrogen and oxygen atoms in total. The Bertz CT molecular complexity index is 1440. The van der Waals surface area contributed by atoms with Crippen molar-refractivity contribution in [3.05, 3.63) is 41.4 Å². The highest BCUT2D eigenvalue weighted by Crippen LogP contribution is 2.30. The van der Waals surface area contributed by atoms with E-state index >= 15 is 0 Å². The summed E-state index contributed by atoms with van der Waals surface area (Å²) in [5.41, 5.74) is 5.35. The molecule has 0 aromatic heterocycles. The number of nitrogens with zero attached hydrogens (tertiary/aromatic N) is 4. The second-order valence-corrected chi connectivity index (χ2v) is 12.7. The molecule has 0 bridgehead atoms. The van der Waals surface area contributed by atoms with Gasteiger partial charge in [0.25, 0.3) is 0 Å². The maximum absolute atomic E-state index is 13.9. The minimum atomic E-state index is -4.21. The van der Waals surface area contributed by atoms with Gasteiger partial charge in [0.1, 0.15) is 12.1 Å². The van der Waals surface area contributed by atoms with Crippen LogP contribution in [0.4, 0.5) is 0 Å². The largest absolute Gasteiger partial charge is 0.370 e. The van der Waals surface area contributed by atoms with Crippen molar-refractivity contribution in [1.29, 1.82) is 5.26 Å². The number of primary amides is 1. The van der Waals surface area contributed by atoms with Gasteiger partial charge in [0.15, 0.2) is 0 Å². The summed E-state index contributed by atoms with van der Waals surface area (Å²) in [6, 6.07) is 9.92. The lowest BCUT2D eigenvalue weighted by Crippen LogP contribution is -2.53. The Morgan fingerprint density at radius 1 is 1.12 bits per heavy atom. The minimum absolute atomic E-state index is 0.0221. The van der Waals surface area contributed by atoms with Gasteiger partial charge in [-0.3, -0.25) is 14.4 Å². The smallest absolute Gasteiger partial charge is 0.245 e. The van der Waals surface area contributed by atoms with Crippen molar-refractivity contribution in [2.45, 2.75) is 74.9 Å². The van der Waals surface area contributed by atoms with Gasteiger partial charge in [0.05, 0.1) is 17.4 Å². The molecule has 2 aliphatic rings. The third-order valence-corrected chi connectivity index (χ3v) is 10.00. The van der Waals surface area contributed by atoms with Crippen LogP contribution in [0.1, 0.15) is 51.9 Å². The summed E-state index contributed by atoms with van der Waals surface area (Å²) in [5, 5.41) is 11.0. The van der Waals surface area contributed by atoms with Crippen molar-refractivity contribution in [3.63, 3.8) is 0 Å². The van der Waals surface area contributed by atoms with Crippen molar-refractivity contribution in [3.8, 4) is 6.07 Å². The van der Waals surface area contributed by atoms with Gasteiger partial charge in [-0.2, -0.15) is 9.57 Å². The molecule has 12 heteroatoms. The zero-order chi connectivity index (χ0) is 29.0. The third kappa shape index (κ3) is 6.24. The number of carbonyl (C=O) groups excluding carboxylic acids is 3. The van der Waals surface area contributed by atoms with E-state index in [2.05, 4.69) is 6.07 Å². The quantitative estimate of drug-likeness (QED) is 0.428. The number of amides is 3. The van der Waals surface area contributed by atoms with Crippen LogP contribution in [0.15, 0.2) is 41.3 Å². The Labute approximate surface area is 239 Å². The van der Waals surface area contributed by atoms with E-state index in [1.54, 1.807) is 36.1 Å². The number of nitriles is 1. The zero-order valence-corrected chi connectivity index (χ0v) is 24.0. The summed E-state index contributed by atoms with van der Waals surface area (Å²) in [5.74, 6) is -1.42. The Kier molecular flexibility index (Phi) is 9.33. The molecule has 1 saturated heterocycles. The van der Waals surface area contributed by atoms with Gasteiger partial charge in [0, 0.05) is 37.1 Å². The van der Waals surface area contributed by atoms with Crippen molar-refractivity contribution < 1.29 is 22.8 Å². The van der Waals surface area contributed by atoms with Crippen molar-refractivity contribution >= 4 is 50.1 Å². The van der Waals surface area contributed by atoms with E-state index in [0.29, 0.717) is 17.0 Å². The summed E-state index contributed by atoms with van der Waals surface area (Å²) in [4.78, 5) is 42.0. The molecule has 0 unspecified atom stereocenters. The normalized spacial score (nSPS) is 18.8. The summed E-state index contributed by atoms with van der Waals surface area (Å²) < 4.78 is 28.8. The van der Waals surface area contributed by atoms with Crippen LogP contribution in [0, 0.1) is 11.3 Å². The lowest BCUT2D eigenvalue weighted by molar-refractivity contribution is -0.145. The van der Waals surface area contributed by atoms with Crippen LogP contribution in [-0.4, -0.2) is 78.0 Å². The first kappa shape index (κ1) is 29.8. The van der Waals surface area contributed by atoms with Gasteiger partial charge in [-0.25, -0.2) is 8.42 Å². The molecule has 2 N–H and O–H groups in total. The molecule has 0 spiro atoms. The number of halogens is 1. The van der Waals surface area contributed by atoms with Crippen LogP contribution in [0.2, 0.25) is 5.02 Å². The lowest BCUT2D eigenvalue weighted by Gasteiger charge is -2.34. The monoisotopic (exact) mass is 587 g/mol. The van der Waals surface area contributed by atoms with Crippen LogP contribution in [-0.2, 0) is 24.4 Å². The zero-order valence-electron chi connectivity index (χ0n) is 22.5. The molecule has 4 rings (SSSR count). The van der Waals surface area contributed by atoms with Crippen LogP contribution >= 0.6 is 11.6 Å². The number of carbonyl (C=O) groups is 3. The maximum Gasteiger partial charge on any atom is 0.245 e. The molecule has 1 heterocycles.